The van der Waals surface area contributed by atoms with Crippen LogP contribution in [0.5, 0.6) is 0 Å². The predicted molar refractivity (Wildman–Crippen MR) is 95.2 cm³/mol. The van der Waals surface area contributed by atoms with E-state index in [1.165, 1.54) is 12.4 Å². The van der Waals surface area contributed by atoms with Crippen molar-refractivity contribution in [3.8, 4) is 0 Å². The molecule has 0 bridgehead atoms. The van der Waals surface area contributed by atoms with Crippen LogP contribution in [0.2, 0.25) is 0 Å². The van der Waals surface area contributed by atoms with Gasteiger partial charge in [0.25, 0.3) is 0 Å². The van der Waals surface area contributed by atoms with Gasteiger partial charge in [-0.2, -0.15) is 13.2 Å². The Bertz CT molecular complexity index is 747. The second kappa shape index (κ2) is 8.32. The van der Waals surface area contributed by atoms with Crippen molar-refractivity contribution in [3.63, 3.8) is 0 Å². The SMILES string of the molecule is CN/C(=C\N1C=CC=CC1C)c1ncc(N/C=C\C(=N)C(F)(F)F)cn1. The van der Waals surface area contributed by atoms with Crippen molar-refractivity contribution >= 4 is 17.1 Å². The maximum Gasteiger partial charge on any atom is 0.432 e. The summed E-state index contributed by atoms with van der Waals surface area (Å²) in [7, 11) is 1.75. The molecule has 0 saturated carbocycles. The zero-order chi connectivity index (χ0) is 19.2. The second-order valence-electron chi connectivity index (χ2n) is 5.39. The van der Waals surface area contributed by atoms with E-state index in [1.54, 1.807) is 7.05 Å². The number of aromatic nitrogens is 2. The third kappa shape index (κ3) is 5.20. The first-order valence-electron chi connectivity index (χ1n) is 7.74. The Morgan fingerprint density at radius 2 is 1.96 bits per heavy atom. The first kappa shape index (κ1) is 19.2. The Balaban J connectivity index is 2.05. The van der Waals surface area contributed by atoms with Gasteiger partial charge in [-0.1, -0.05) is 12.2 Å². The molecule has 0 fully saturated rings. The van der Waals surface area contributed by atoms with Crippen LogP contribution < -0.4 is 10.6 Å². The van der Waals surface area contributed by atoms with Crippen molar-refractivity contribution in [2.45, 2.75) is 19.1 Å². The fraction of sp³-hybridized carbons (Fsp3) is 0.235. The second-order valence-corrected chi connectivity index (χ2v) is 5.39. The lowest BCUT2D eigenvalue weighted by molar-refractivity contribution is -0.0584. The maximum absolute atomic E-state index is 12.2. The van der Waals surface area contributed by atoms with E-state index in [0.29, 0.717) is 23.3 Å². The molecular formula is C17H19F3N6. The molecule has 1 aliphatic rings. The summed E-state index contributed by atoms with van der Waals surface area (Å²) in [4.78, 5) is 10.4. The number of nitrogens with one attached hydrogen (secondary N) is 3. The Morgan fingerprint density at radius 1 is 1.27 bits per heavy atom. The van der Waals surface area contributed by atoms with Gasteiger partial charge in [0, 0.05) is 31.7 Å². The summed E-state index contributed by atoms with van der Waals surface area (Å²) in [5.74, 6) is 0.445. The zero-order valence-electron chi connectivity index (χ0n) is 14.2. The van der Waals surface area contributed by atoms with Crippen LogP contribution in [-0.4, -0.2) is 39.8 Å². The number of halogens is 3. The van der Waals surface area contributed by atoms with Crippen LogP contribution in [0.3, 0.4) is 0 Å². The molecule has 2 heterocycles. The van der Waals surface area contributed by atoms with Crippen LogP contribution in [0.4, 0.5) is 18.9 Å². The van der Waals surface area contributed by atoms with Gasteiger partial charge in [-0.05, 0) is 19.1 Å². The largest absolute Gasteiger partial charge is 0.432 e. The van der Waals surface area contributed by atoms with Crippen LogP contribution in [0, 0.1) is 5.41 Å². The number of alkyl halides is 3. The highest BCUT2D eigenvalue weighted by molar-refractivity contribution is 5.97. The zero-order valence-corrected chi connectivity index (χ0v) is 14.2. The molecule has 138 valence electrons. The summed E-state index contributed by atoms with van der Waals surface area (Å²) in [6.07, 6.45) is 9.62. The fourth-order valence-electron chi connectivity index (χ4n) is 2.01. The number of rotatable bonds is 6. The topological polar surface area (TPSA) is 76.9 Å². The summed E-state index contributed by atoms with van der Waals surface area (Å²) in [6.45, 7) is 2.04. The lowest BCUT2D eigenvalue weighted by Gasteiger charge is -2.24. The van der Waals surface area contributed by atoms with Crippen LogP contribution >= 0.6 is 0 Å². The molecule has 26 heavy (non-hydrogen) atoms. The van der Waals surface area contributed by atoms with E-state index in [1.807, 2.05) is 42.5 Å². The lowest BCUT2D eigenvalue weighted by Crippen LogP contribution is -2.24. The van der Waals surface area contributed by atoms with Crippen molar-refractivity contribution in [3.05, 3.63) is 61.1 Å². The van der Waals surface area contributed by atoms with Gasteiger partial charge in [0.2, 0.25) is 0 Å². The molecule has 0 amide bonds. The molecule has 0 radical (unpaired) electrons. The number of hydrogen-bond acceptors (Lipinski definition) is 6. The minimum absolute atomic E-state index is 0.193. The Labute approximate surface area is 149 Å². The van der Waals surface area contributed by atoms with Crippen LogP contribution in [-0.2, 0) is 0 Å². The Morgan fingerprint density at radius 3 is 2.54 bits per heavy atom. The third-order valence-corrected chi connectivity index (χ3v) is 3.47. The van der Waals surface area contributed by atoms with E-state index < -0.39 is 11.9 Å². The Hall–Kier alpha value is -3.10. The van der Waals surface area contributed by atoms with Gasteiger partial charge in [0.15, 0.2) is 5.82 Å². The molecule has 6 nitrogen and oxygen atoms in total. The average Bonchev–Trinajstić information content (AvgIpc) is 2.61. The van der Waals surface area contributed by atoms with Gasteiger partial charge in [-0.25, -0.2) is 9.97 Å². The average molecular weight is 364 g/mol. The van der Waals surface area contributed by atoms with Crippen molar-refractivity contribution in [1.29, 1.82) is 5.41 Å². The number of hydrogen-bond donors (Lipinski definition) is 3. The minimum atomic E-state index is -4.67. The van der Waals surface area contributed by atoms with E-state index in [4.69, 9.17) is 5.41 Å². The first-order valence-corrected chi connectivity index (χ1v) is 7.74. The van der Waals surface area contributed by atoms with E-state index in [2.05, 4.69) is 20.6 Å². The molecule has 1 unspecified atom stereocenters. The highest BCUT2D eigenvalue weighted by atomic mass is 19.4. The molecule has 0 aliphatic carbocycles. The highest BCUT2D eigenvalue weighted by Crippen LogP contribution is 2.17. The molecule has 3 N–H and O–H groups in total. The summed E-state index contributed by atoms with van der Waals surface area (Å²) < 4.78 is 36.7. The standard InChI is InChI=1S/C17H19F3N6/c1-12-5-3-4-8-26(12)11-14(22-2)16-24-9-13(10-25-16)23-7-6-15(21)17(18,19)20/h3-12,21-23H,1-2H3/b7-6-,14-11-,21-15?. The van der Waals surface area contributed by atoms with Gasteiger partial charge < -0.3 is 15.5 Å². The predicted octanol–water partition coefficient (Wildman–Crippen LogP) is 3.28. The summed E-state index contributed by atoms with van der Waals surface area (Å²) in [5.41, 5.74) is -0.344. The monoisotopic (exact) mass is 364 g/mol. The molecule has 9 heteroatoms. The Kier molecular flexibility index (Phi) is 6.16. The molecule has 0 saturated heterocycles. The molecule has 1 aromatic heterocycles. The van der Waals surface area contributed by atoms with Gasteiger partial charge >= 0.3 is 6.18 Å². The van der Waals surface area contributed by atoms with Crippen molar-refractivity contribution in [2.24, 2.45) is 0 Å². The van der Waals surface area contributed by atoms with E-state index in [9.17, 15) is 13.2 Å². The van der Waals surface area contributed by atoms with E-state index in [0.717, 1.165) is 6.20 Å². The first-order chi connectivity index (χ1) is 12.3. The maximum atomic E-state index is 12.2. The molecular weight excluding hydrogens is 345 g/mol. The molecule has 1 aliphatic heterocycles. The number of nitrogens with zero attached hydrogens (tertiary/aromatic N) is 3. The smallest absolute Gasteiger partial charge is 0.384 e. The van der Waals surface area contributed by atoms with E-state index in [-0.39, 0.29) is 6.04 Å². The summed E-state index contributed by atoms with van der Waals surface area (Å²) >= 11 is 0. The quantitative estimate of drug-likeness (QED) is 0.676. The molecule has 0 aromatic carbocycles. The van der Waals surface area contributed by atoms with Crippen LogP contribution in [0.1, 0.15) is 12.7 Å². The summed E-state index contributed by atoms with van der Waals surface area (Å²) in [5, 5.41) is 12.5. The van der Waals surface area contributed by atoms with Gasteiger partial charge in [0.1, 0.15) is 5.71 Å². The van der Waals surface area contributed by atoms with Crippen molar-refractivity contribution in [2.75, 3.05) is 12.4 Å². The normalized spacial score (nSPS) is 17.7. The van der Waals surface area contributed by atoms with Gasteiger partial charge in [0.05, 0.1) is 23.8 Å². The fourth-order valence-corrected chi connectivity index (χ4v) is 2.01. The van der Waals surface area contributed by atoms with Gasteiger partial charge in [-0.3, -0.25) is 5.41 Å². The number of allylic oxidation sites excluding steroid dienone is 3. The minimum Gasteiger partial charge on any atom is -0.384 e. The summed E-state index contributed by atoms with van der Waals surface area (Å²) in [6, 6.07) is 0.193. The third-order valence-electron chi connectivity index (χ3n) is 3.47. The molecule has 0 spiro atoms. The molecule has 1 aromatic rings. The van der Waals surface area contributed by atoms with Crippen molar-refractivity contribution in [1.82, 2.24) is 20.2 Å². The van der Waals surface area contributed by atoms with Crippen LogP contribution in [0.25, 0.3) is 5.70 Å². The highest BCUT2D eigenvalue weighted by Gasteiger charge is 2.32. The van der Waals surface area contributed by atoms with E-state index >= 15 is 0 Å². The number of anilines is 1. The van der Waals surface area contributed by atoms with Crippen LogP contribution in [0.15, 0.2) is 55.3 Å². The van der Waals surface area contributed by atoms with Crippen molar-refractivity contribution < 1.29 is 13.2 Å². The molecule has 1 atom stereocenters. The molecule has 2 rings (SSSR count). The lowest BCUT2D eigenvalue weighted by atomic mass is 10.2. The van der Waals surface area contributed by atoms with Gasteiger partial charge in [-0.15, -0.1) is 0 Å².